The molecule has 1 unspecified atom stereocenters. The Morgan fingerprint density at radius 3 is 2.72 bits per heavy atom. The van der Waals surface area contributed by atoms with E-state index < -0.39 is 0 Å². The highest BCUT2D eigenvalue weighted by molar-refractivity contribution is 5.46. The smallest absolute Gasteiger partial charge is 0.122 e. The largest absolute Gasteiger partial charge is 0.507 e. The summed E-state index contributed by atoms with van der Waals surface area (Å²) in [6.45, 7) is 7.48. The van der Waals surface area contributed by atoms with Gasteiger partial charge >= 0.3 is 0 Å². The molecule has 1 heterocycles. The second kappa shape index (κ2) is 5.75. The number of phenolic OH excluding ortho intramolecular Hbond substituents is 1. The van der Waals surface area contributed by atoms with Crippen LogP contribution in [-0.4, -0.2) is 17.7 Å². The molecule has 1 aromatic carbocycles. The highest BCUT2D eigenvalue weighted by atomic mass is 16.3. The third-order valence-corrected chi connectivity index (χ3v) is 4.03. The van der Waals surface area contributed by atoms with E-state index in [0.717, 1.165) is 24.1 Å². The van der Waals surface area contributed by atoms with Crippen LogP contribution >= 0.6 is 0 Å². The lowest BCUT2D eigenvalue weighted by atomic mass is 9.90. The number of hydrogen-bond donors (Lipinski definition) is 2. The number of nitrogens with one attached hydrogen (secondary N) is 1. The van der Waals surface area contributed by atoms with Gasteiger partial charge in [0.2, 0.25) is 0 Å². The number of hydrogen-bond acceptors (Lipinski definition) is 2. The van der Waals surface area contributed by atoms with Crippen molar-refractivity contribution in [1.29, 1.82) is 0 Å². The molecular formula is C16H25NO. The Hall–Kier alpha value is -1.02. The maximum atomic E-state index is 10.4. The van der Waals surface area contributed by atoms with E-state index in [2.05, 4.69) is 38.2 Å². The minimum Gasteiger partial charge on any atom is -0.507 e. The lowest BCUT2D eigenvalue weighted by Crippen LogP contribution is -2.35. The summed E-state index contributed by atoms with van der Waals surface area (Å²) in [7, 11) is 0. The Morgan fingerprint density at radius 2 is 2.11 bits per heavy atom. The maximum absolute atomic E-state index is 10.4. The van der Waals surface area contributed by atoms with Crippen LogP contribution in [0, 0.1) is 6.92 Å². The van der Waals surface area contributed by atoms with Crippen molar-refractivity contribution in [2.75, 3.05) is 6.54 Å². The molecule has 0 aliphatic carbocycles. The van der Waals surface area contributed by atoms with Gasteiger partial charge in [0.05, 0.1) is 0 Å². The molecule has 0 saturated carbocycles. The van der Waals surface area contributed by atoms with Crippen molar-refractivity contribution in [2.24, 2.45) is 0 Å². The zero-order valence-corrected chi connectivity index (χ0v) is 11.8. The molecule has 1 saturated heterocycles. The van der Waals surface area contributed by atoms with Crippen LogP contribution in [0.5, 0.6) is 5.75 Å². The molecule has 2 N–H and O–H groups in total. The van der Waals surface area contributed by atoms with Gasteiger partial charge < -0.3 is 10.4 Å². The molecule has 0 bridgehead atoms. The van der Waals surface area contributed by atoms with E-state index in [4.69, 9.17) is 0 Å². The number of aryl methyl sites for hydroxylation is 1. The fourth-order valence-electron chi connectivity index (χ4n) is 2.82. The lowest BCUT2D eigenvalue weighted by Gasteiger charge is -2.25. The molecule has 1 aromatic rings. The Morgan fingerprint density at radius 1 is 1.33 bits per heavy atom. The average Bonchev–Trinajstić information content (AvgIpc) is 2.35. The summed E-state index contributed by atoms with van der Waals surface area (Å²) in [6, 6.07) is 4.74. The first-order chi connectivity index (χ1) is 8.59. The van der Waals surface area contributed by atoms with Crippen LogP contribution in [0.3, 0.4) is 0 Å². The molecule has 0 spiro atoms. The van der Waals surface area contributed by atoms with Crippen molar-refractivity contribution < 1.29 is 5.11 Å². The van der Waals surface area contributed by atoms with Gasteiger partial charge in [-0.25, -0.2) is 0 Å². The molecule has 100 valence electrons. The summed E-state index contributed by atoms with van der Waals surface area (Å²) in [5.74, 6) is 0.904. The van der Waals surface area contributed by atoms with Crippen molar-refractivity contribution in [1.82, 2.24) is 5.32 Å². The van der Waals surface area contributed by atoms with Crippen LogP contribution in [0.1, 0.15) is 55.7 Å². The molecule has 2 heteroatoms. The van der Waals surface area contributed by atoms with Gasteiger partial charge in [-0.05, 0) is 55.3 Å². The number of piperidine rings is 1. The highest BCUT2D eigenvalue weighted by Crippen LogP contribution is 2.32. The summed E-state index contributed by atoms with van der Waals surface area (Å²) >= 11 is 0. The van der Waals surface area contributed by atoms with Gasteiger partial charge in [-0.15, -0.1) is 0 Å². The van der Waals surface area contributed by atoms with Crippen LogP contribution in [0.4, 0.5) is 0 Å². The first-order valence-corrected chi connectivity index (χ1v) is 7.14. The summed E-state index contributed by atoms with van der Waals surface area (Å²) in [4.78, 5) is 0. The first-order valence-electron chi connectivity index (χ1n) is 7.14. The molecular weight excluding hydrogens is 222 g/mol. The van der Waals surface area contributed by atoms with E-state index in [-0.39, 0.29) is 0 Å². The topological polar surface area (TPSA) is 32.3 Å². The van der Waals surface area contributed by atoms with E-state index in [1.165, 1.54) is 24.8 Å². The third kappa shape index (κ3) is 2.86. The van der Waals surface area contributed by atoms with Gasteiger partial charge in [0.1, 0.15) is 5.75 Å². The molecule has 1 atom stereocenters. The number of rotatable bonds is 3. The minimum absolute atomic E-state index is 0.378. The van der Waals surface area contributed by atoms with E-state index in [1.807, 2.05) is 0 Å². The van der Waals surface area contributed by atoms with Gasteiger partial charge in [0.15, 0.2) is 0 Å². The average molecular weight is 247 g/mol. The van der Waals surface area contributed by atoms with Gasteiger partial charge in [-0.1, -0.05) is 32.4 Å². The first kappa shape index (κ1) is 13.4. The molecule has 1 aliphatic heterocycles. The van der Waals surface area contributed by atoms with Crippen molar-refractivity contribution in [3.63, 3.8) is 0 Å². The van der Waals surface area contributed by atoms with Crippen molar-refractivity contribution in [3.8, 4) is 5.75 Å². The predicted octanol–water partition coefficient (Wildman–Crippen LogP) is 3.51. The Balaban J connectivity index is 2.22. The summed E-state index contributed by atoms with van der Waals surface area (Å²) in [5, 5.41) is 14.0. The minimum atomic E-state index is 0.378. The van der Waals surface area contributed by atoms with Crippen LogP contribution < -0.4 is 5.32 Å². The predicted molar refractivity (Wildman–Crippen MR) is 76.3 cm³/mol. The number of aromatic hydroxyl groups is 1. The summed E-state index contributed by atoms with van der Waals surface area (Å²) < 4.78 is 0. The van der Waals surface area contributed by atoms with Crippen molar-refractivity contribution in [2.45, 2.75) is 58.4 Å². The Labute approximate surface area is 110 Å². The van der Waals surface area contributed by atoms with Gasteiger partial charge in [0.25, 0.3) is 0 Å². The lowest BCUT2D eigenvalue weighted by molar-refractivity contribution is 0.390. The van der Waals surface area contributed by atoms with E-state index in [1.54, 1.807) is 0 Å². The second-order valence-corrected chi connectivity index (χ2v) is 5.80. The molecule has 18 heavy (non-hydrogen) atoms. The summed E-state index contributed by atoms with van der Waals surface area (Å²) in [5.41, 5.74) is 3.43. The Bertz CT molecular complexity index is 406. The van der Waals surface area contributed by atoms with E-state index >= 15 is 0 Å². The monoisotopic (exact) mass is 247 g/mol. The maximum Gasteiger partial charge on any atom is 0.122 e. The second-order valence-electron chi connectivity index (χ2n) is 5.80. The van der Waals surface area contributed by atoms with E-state index in [9.17, 15) is 5.11 Å². The number of benzene rings is 1. The van der Waals surface area contributed by atoms with Gasteiger partial charge in [-0.2, -0.15) is 0 Å². The van der Waals surface area contributed by atoms with Gasteiger partial charge in [-0.3, -0.25) is 0 Å². The quantitative estimate of drug-likeness (QED) is 0.856. The van der Waals surface area contributed by atoms with E-state index in [0.29, 0.717) is 17.7 Å². The normalized spacial score (nSPS) is 20.3. The van der Waals surface area contributed by atoms with Crippen molar-refractivity contribution in [3.05, 3.63) is 28.8 Å². The fourth-order valence-corrected chi connectivity index (χ4v) is 2.82. The highest BCUT2D eigenvalue weighted by Gasteiger charge is 2.18. The third-order valence-electron chi connectivity index (χ3n) is 4.03. The zero-order chi connectivity index (χ0) is 13.1. The molecule has 1 fully saturated rings. The molecule has 1 aliphatic rings. The van der Waals surface area contributed by atoms with Crippen LogP contribution in [-0.2, 0) is 6.42 Å². The molecule has 2 rings (SSSR count). The standard InChI is InChI=1S/C16H25NO/c1-11(2)14-8-7-12(3)15(16(14)18)10-13-6-4-5-9-17-13/h7-8,11,13,17-18H,4-6,9-10H2,1-3H3. The molecule has 0 radical (unpaired) electrons. The van der Waals surface area contributed by atoms with Crippen molar-refractivity contribution >= 4 is 0 Å². The SMILES string of the molecule is Cc1ccc(C(C)C)c(O)c1CC1CCCCN1. The Kier molecular flexibility index (Phi) is 4.28. The molecule has 0 aromatic heterocycles. The summed E-state index contributed by atoms with van der Waals surface area (Å²) in [6.07, 6.45) is 4.78. The molecule has 0 amide bonds. The molecule has 2 nitrogen and oxygen atoms in total. The fraction of sp³-hybridized carbons (Fsp3) is 0.625. The van der Waals surface area contributed by atoms with Crippen LogP contribution in [0.25, 0.3) is 0 Å². The van der Waals surface area contributed by atoms with Gasteiger partial charge in [0, 0.05) is 6.04 Å². The van der Waals surface area contributed by atoms with Crippen LogP contribution in [0.15, 0.2) is 12.1 Å². The zero-order valence-electron chi connectivity index (χ0n) is 11.8. The number of phenols is 1. The van der Waals surface area contributed by atoms with Crippen LogP contribution in [0.2, 0.25) is 0 Å².